The first kappa shape index (κ1) is 13.1. The lowest BCUT2D eigenvalue weighted by molar-refractivity contribution is -0.384. The Bertz CT molecular complexity index is 777. The van der Waals surface area contributed by atoms with Gasteiger partial charge in [-0.1, -0.05) is 30.3 Å². The molecule has 104 valence electrons. The summed E-state index contributed by atoms with van der Waals surface area (Å²) in [5, 5.41) is 15.1. The van der Waals surface area contributed by atoms with E-state index < -0.39 is 4.92 Å². The number of non-ortho nitro benzene ring substituents is 1. The maximum atomic E-state index is 10.7. The van der Waals surface area contributed by atoms with Crippen molar-refractivity contribution < 1.29 is 4.92 Å². The first-order valence-electron chi connectivity index (χ1n) is 6.51. The third kappa shape index (κ3) is 2.41. The molecule has 21 heavy (non-hydrogen) atoms. The average Bonchev–Trinajstić information content (AvgIpc) is 2.90. The van der Waals surface area contributed by atoms with Gasteiger partial charge < -0.3 is 0 Å². The van der Waals surface area contributed by atoms with Crippen LogP contribution in [0.25, 0.3) is 16.8 Å². The summed E-state index contributed by atoms with van der Waals surface area (Å²) >= 11 is 0. The molecule has 5 nitrogen and oxygen atoms in total. The van der Waals surface area contributed by atoms with E-state index in [2.05, 4.69) is 5.10 Å². The molecule has 3 aromatic rings. The highest BCUT2D eigenvalue weighted by Crippen LogP contribution is 2.25. The van der Waals surface area contributed by atoms with Gasteiger partial charge in [-0.3, -0.25) is 10.1 Å². The number of rotatable bonds is 3. The van der Waals surface area contributed by atoms with E-state index in [1.165, 1.54) is 12.1 Å². The molecule has 0 N–H and O–H groups in total. The van der Waals surface area contributed by atoms with Gasteiger partial charge in [0.2, 0.25) is 0 Å². The molecule has 1 heterocycles. The fourth-order valence-electron chi connectivity index (χ4n) is 2.29. The number of aromatic nitrogens is 2. The zero-order valence-electron chi connectivity index (χ0n) is 11.4. The third-order valence-corrected chi connectivity index (χ3v) is 3.40. The molecule has 0 bridgehead atoms. The SMILES string of the molecule is Cc1c(-c2ccccc2)cnn1-c1ccc([N+](=O)[O-])cc1. The van der Waals surface area contributed by atoms with Crippen molar-refractivity contribution >= 4 is 5.69 Å². The van der Waals surface area contributed by atoms with Gasteiger partial charge in [0.15, 0.2) is 0 Å². The summed E-state index contributed by atoms with van der Waals surface area (Å²) in [6.45, 7) is 1.98. The predicted octanol–water partition coefficient (Wildman–Crippen LogP) is 3.76. The zero-order chi connectivity index (χ0) is 14.8. The van der Waals surface area contributed by atoms with E-state index in [1.807, 2.05) is 43.5 Å². The van der Waals surface area contributed by atoms with Crippen molar-refractivity contribution in [3.8, 4) is 16.8 Å². The van der Waals surface area contributed by atoms with Crippen LogP contribution in [0.3, 0.4) is 0 Å². The number of hydrogen-bond acceptors (Lipinski definition) is 3. The molecule has 3 rings (SSSR count). The maximum absolute atomic E-state index is 10.7. The second-order valence-electron chi connectivity index (χ2n) is 4.69. The van der Waals surface area contributed by atoms with E-state index in [0.29, 0.717) is 0 Å². The largest absolute Gasteiger partial charge is 0.269 e. The number of benzene rings is 2. The molecule has 1 aromatic heterocycles. The van der Waals surface area contributed by atoms with Gasteiger partial charge in [-0.25, -0.2) is 4.68 Å². The molecule has 5 heteroatoms. The molecule has 0 amide bonds. The smallest absolute Gasteiger partial charge is 0.258 e. The first-order valence-corrected chi connectivity index (χ1v) is 6.51. The summed E-state index contributed by atoms with van der Waals surface area (Å²) in [5.41, 5.74) is 4.03. The Morgan fingerprint density at radius 3 is 2.33 bits per heavy atom. The molecule has 2 aromatic carbocycles. The molecule has 0 unspecified atom stereocenters. The molecule has 0 saturated carbocycles. The molecule has 0 aliphatic heterocycles. The molecule has 0 fully saturated rings. The van der Waals surface area contributed by atoms with Gasteiger partial charge in [-0.05, 0) is 24.6 Å². The van der Waals surface area contributed by atoms with Crippen LogP contribution in [0.4, 0.5) is 5.69 Å². The van der Waals surface area contributed by atoms with Crippen molar-refractivity contribution in [1.29, 1.82) is 0 Å². The number of nitro groups is 1. The minimum atomic E-state index is -0.408. The van der Waals surface area contributed by atoms with E-state index in [0.717, 1.165) is 22.5 Å². The second kappa shape index (κ2) is 5.20. The van der Waals surface area contributed by atoms with Gasteiger partial charge in [0.25, 0.3) is 5.69 Å². The van der Waals surface area contributed by atoms with Crippen molar-refractivity contribution in [3.63, 3.8) is 0 Å². The summed E-state index contributed by atoms with van der Waals surface area (Å²) in [6, 6.07) is 16.4. The summed E-state index contributed by atoms with van der Waals surface area (Å²) in [7, 11) is 0. The molecule has 0 spiro atoms. The fourth-order valence-corrected chi connectivity index (χ4v) is 2.29. The van der Waals surface area contributed by atoms with Gasteiger partial charge in [-0.15, -0.1) is 0 Å². The van der Waals surface area contributed by atoms with E-state index in [-0.39, 0.29) is 5.69 Å². The summed E-state index contributed by atoms with van der Waals surface area (Å²) in [4.78, 5) is 10.3. The molecule has 0 aliphatic rings. The van der Waals surface area contributed by atoms with E-state index in [9.17, 15) is 10.1 Å². The summed E-state index contributed by atoms with van der Waals surface area (Å²) in [6.07, 6.45) is 1.81. The van der Waals surface area contributed by atoms with Crippen LogP contribution >= 0.6 is 0 Å². The Morgan fingerprint density at radius 2 is 1.71 bits per heavy atom. The van der Waals surface area contributed by atoms with Crippen LogP contribution < -0.4 is 0 Å². The molecule has 0 radical (unpaired) electrons. The van der Waals surface area contributed by atoms with Crippen LogP contribution in [0.2, 0.25) is 0 Å². The number of nitrogens with zero attached hydrogens (tertiary/aromatic N) is 3. The fraction of sp³-hybridized carbons (Fsp3) is 0.0625. The summed E-state index contributed by atoms with van der Waals surface area (Å²) in [5.74, 6) is 0. The number of nitro benzene ring substituents is 1. The molecular weight excluding hydrogens is 266 g/mol. The van der Waals surface area contributed by atoms with Gasteiger partial charge in [0.1, 0.15) is 0 Å². The van der Waals surface area contributed by atoms with Crippen molar-refractivity contribution in [2.75, 3.05) is 0 Å². The van der Waals surface area contributed by atoms with Crippen LogP contribution in [0.15, 0.2) is 60.8 Å². The van der Waals surface area contributed by atoms with Crippen LogP contribution in [0, 0.1) is 17.0 Å². The van der Waals surface area contributed by atoms with Gasteiger partial charge in [0, 0.05) is 23.4 Å². The van der Waals surface area contributed by atoms with Crippen LogP contribution in [-0.2, 0) is 0 Å². The maximum Gasteiger partial charge on any atom is 0.269 e. The summed E-state index contributed by atoms with van der Waals surface area (Å²) < 4.78 is 1.78. The van der Waals surface area contributed by atoms with Crippen LogP contribution in [0.5, 0.6) is 0 Å². The Labute approximate surface area is 121 Å². The van der Waals surface area contributed by atoms with Crippen LogP contribution in [0.1, 0.15) is 5.69 Å². The van der Waals surface area contributed by atoms with Gasteiger partial charge in [0.05, 0.1) is 16.8 Å². The van der Waals surface area contributed by atoms with Crippen molar-refractivity contribution in [3.05, 3.63) is 76.6 Å². The quantitative estimate of drug-likeness (QED) is 0.541. The van der Waals surface area contributed by atoms with E-state index in [4.69, 9.17) is 0 Å². The topological polar surface area (TPSA) is 61.0 Å². The minimum Gasteiger partial charge on any atom is -0.258 e. The van der Waals surface area contributed by atoms with Crippen molar-refractivity contribution in [2.24, 2.45) is 0 Å². The standard InChI is InChI=1S/C16H13N3O2/c1-12-16(13-5-3-2-4-6-13)11-17-18(12)14-7-9-15(10-8-14)19(20)21/h2-11H,1H3. The Hall–Kier alpha value is -2.95. The average molecular weight is 279 g/mol. The van der Waals surface area contributed by atoms with Crippen molar-refractivity contribution in [1.82, 2.24) is 9.78 Å². The first-order chi connectivity index (χ1) is 10.2. The highest BCUT2D eigenvalue weighted by molar-refractivity contribution is 5.65. The lowest BCUT2D eigenvalue weighted by Gasteiger charge is -2.05. The number of hydrogen-bond donors (Lipinski definition) is 0. The van der Waals surface area contributed by atoms with Gasteiger partial charge in [-0.2, -0.15) is 5.10 Å². The Morgan fingerprint density at radius 1 is 1.05 bits per heavy atom. The monoisotopic (exact) mass is 279 g/mol. The normalized spacial score (nSPS) is 10.5. The lowest BCUT2D eigenvalue weighted by Crippen LogP contribution is -1.99. The van der Waals surface area contributed by atoms with Gasteiger partial charge >= 0.3 is 0 Å². The molecular formula is C16H13N3O2. The molecule has 0 aliphatic carbocycles. The minimum absolute atomic E-state index is 0.0758. The highest BCUT2D eigenvalue weighted by Gasteiger charge is 2.11. The second-order valence-corrected chi connectivity index (χ2v) is 4.69. The van der Waals surface area contributed by atoms with E-state index >= 15 is 0 Å². The molecule has 0 atom stereocenters. The lowest BCUT2D eigenvalue weighted by atomic mass is 10.1. The molecule has 0 saturated heterocycles. The Kier molecular flexibility index (Phi) is 3.23. The van der Waals surface area contributed by atoms with Crippen molar-refractivity contribution in [2.45, 2.75) is 6.92 Å². The zero-order valence-corrected chi connectivity index (χ0v) is 11.4. The predicted molar refractivity (Wildman–Crippen MR) is 80.4 cm³/mol. The van der Waals surface area contributed by atoms with Crippen LogP contribution in [-0.4, -0.2) is 14.7 Å². The highest BCUT2D eigenvalue weighted by atomic mass is 16.6. The third-order valence-electron chi connectivity index (χ3n) is 3.40. The Balaban J connectivity index is 2.01. The van der Waals surface area contributed by atoms with E-state index in [1.54, 1.807) is 16.8 Å².